The molecule has 0 atom stereocenters. The highest BCUT2D eigenvalue weighted by Gasteiger charge is 2.24. The molecule has 27 heavy (non-hydrogen) atoms. The number of hydrogen-bond donors (Lipinski definition) is 0. The third-order valence-electron chi connectivity index (χ3n) is 5.47. The number of ether oxygens (including phenoxy) is 1. The Kier molecular flexibility index (Phi) is 2.13. The number of methoxy groups -OCH3 is 1. The maximum absolute atomic E-state index is 5.62. The lowest BCUT2D eigenvalue weighted by atomic mass is 10.2. The standard InChI is InChI=1S/C21H13N5O/c1-27-12-10-17-19-18(11-12)25-16-9-5-3-7-14(16)23-21(25)26(19)20-22-13-6-2-4-8-15(13)24(17)20/h2-11H,1H3. The molecule has 6 heteroatoms. The van der Waals surface area contributed by atoms with E-state index in [1.54, 1.807) is 7.11 Å². The molecular weight excluding hydrogens is 338 g/mol. The SMILES string of the molecule is COc1cc2c3c(c1)n1c4ccccc4nc1n3c1nc3ccccc3n21. The van der Waals surface area contributed by atoms with Gasteiger partial charge in [0.15, 0.2) is 0 Å². The van der Waals surface area contributed by atoms with E-state index in [2.05, 4.69) is 37.5 Å². The average molecular weight is 351 g/mol. The van der Waals surface area contributed by atoms with Crippen molar-refractivity contribution in [3.63, 3.8) is 0 Å². The Balaban J connectivity index is 1.89. The van der Waals surface area contributed by atoms with E-state index >= 15 is 0 Å². The lowest BCUT2D eigenvalue weighted by Crippen LogP contribution is -1.89. The molecule has 0 fully saturated rings. The molecule has 0 aliphatic rings. The summed E-state index contributed by atoms with van der Waals surface area (Å²) in [4.78, 5) is 9.83. The van der Waals surface area contributed by atoms with Crippen molar-refractivity contribution in [2.45, 2.75) is 0 Å². The van der Waals surface area contributed by atoms with Crippen LogP contribution in [0, 0.1) is 0 Å². The molecule has 3 aromatic carbocycles. The van der Waals surface area contributed by atoms with Crippen LogP contribution in [-0.2, 0) is 0 Å². The molecule has 4 heterocycles. The maximum atomic E-state index is 5.62. The van der Waals surface area contributed by atoms with Gasteiger partial charge in [-0.2, -0.15) is 0 Å². The zero-order valence-corrected chi connectivity index (χ0v) is 14.4. The first-order chi connectivity index (χ1) is 13.3. The summed E-state index contributed by atoms with van der Waals surface area (Å²) in [5.41, 5.74) is 7.36. The average Bonchev–Trinajstić information content (AvgIpc) is 3.41. The van der Waals surface area contributed by atoms with Gasteiger partial charge in [0.25, 0.3) is 0 Å². The zero-order chi connectivity index (χ0) is 17.7. The van der Waals surface area contributed by atoms with E-state index in [1.165, 1.54) is 0 Å². The zero-order valence-electron chi connectivity index (χ0n) is 14.4. The van der Waals surface area contributed by atoms with Crippen molar-refractivity contribution < 1.29 is 4.74 Å². The molecule has 7 aromatic rings. The largest absolute Gasteiger partial charge is 0.497 e. The van der Waals surface area contributed by atoms with Crippen LogP contribution in [0.5, 0.6) is 5.75 Å². The molecule has 0 aliphatic carbocycles. The van der Waals surface area contributed by atoms with Gasteiger partial charge in [0.2, 0.25) is 11.6 Å². The number of rotatable bonds is 1. The minimum absolute atomic E-state index is 0.819. The Morgan fingerprint density at radius 2 is 1.19 bits per heavy atom. The molecule has 6 nitrogen and oxygen atoms in total. The van der Waals surface area contributed by atoms with Crippen molar-refractivity contribution in [2.24, 2.45) is 0 Å². The van der Waals surface area contributed by atoms with Crippen molar-refractivity contribution in [2.75, 3.05) is 7.11 Å². The van der Waals surface area contributed by atoms with Crippen molar-refractivity contribution >= 4 is 50.2 Å². The second kappa shape index (κ2) is 4.29. The molecule has 0 saturated carbocycles. The summed E-state index contributed by atoms with van der Waals surface area (Å²) in [6, 6.07) is 20.6. The van der Waals surface area contributed by atoms with E-state index in [-0.39, 0.29) is 0 Å². The summed E-state index contributed by atoms with van der Waals surface area (Å²) in [7, 11) is 1.70. The van der Waals surface area contributed by atoms with Crippen LogP contribution in [0.1, 0.15) is 0 Å². The number of para-hydroxylation sites is 4. The van der Waals surface area contributed by atoms with Gasteiger partial charge in [0.1, 0.15) is 11.3 Å². The van der Waals surface area contributed by atoms with Crippen molar-refractivity contribution in [1.82, 2.24) is 23.2 Å². The Morgan fingerprint density at radius 1 is 0.667 bits per heavy atom. The first-order valence-corrected chi connectivity index (χ1v) is 8.83. The summed E-state index contributed by atoms with van der Waals surface area (Å²) in [5, 5.41) is 0. The molecule has 0 spiro atoms. The van der Waals surface area contributed by atoms with E-state index in [0.717, 1.165) is 55.9 Å². The molecule has 0 bridgehead atoms. The molecule has 4 aromatic heterocycles. The van der Waals surface area contributed by atoms with E-state index in [0.29, 0.717) is 0 Å². The van der Waals surface area contributed by atoms with Crippen molar-refractivity contribution in [3.05, 3.63) is 60.7 Å². The Morgan fingerprint density at radius 3 is 1.70 bits per heavy atom. The minimum Gasteiger partial charge on any atom is -0.497 e. The number of benzene rings is 3. The van der Waals surface area contributed by atoms with Gasteiger partial charge < -0.3 is 4.74 Å². The monoisotopic (exact) mass is 351 g/mol. The Labute approximate surface area is 152 Å². The number of hydrogen-bond acceptors (Lipinski definition) is 3. The van der Waals surface area contributed by atoms with Gasteiger partial charge in [0, 0.05) is 12.1 Å². The molecule has 0 amide bonds. The highest BCUT2D eigenvalue weighted by atomic mass is 16.5. The third-order valence-corrected chi connectivity index (χ3v) is 5.47. The van der Waals surface area contributed by atoms with Crippen molar-refractivity contribution in [3.8, 4) is 5.75 Å². The predicted octanol–water partition coefficient (Wildman–Crippen LogP) is 4.14. The van der Waals surface area contributed by atoms with Gasteiger partial charge in [-0.05, 0) is 24.3 Å². The highest BCUT2D eigenvalue weighted by molar-refractivity contribution is 6.04. The first-order valence-electron chi connectivity index (χ1n) is 8.83. The predicted molar refractivity (Wildman–Crippen MR) is 105 cm³/mol. The van der Waals surface area contributed by atoms with Crippen LogP contribution in [-0.4, -0.2) is 30.3 Å². The molecular formula is C21H13N5O. The molecule has 0 radical (unpaired) electrons. The molecule has 0 unspecified atom stereocenters. The molecule has 128 valence electrons. The van der Waals surface area contributed by atoms with E-state index in [9.17, 15) is 0 Å². The minimum atomic E-state index is 0.819. The fraction of sp³-hybridized carbons (Fsp3) is 0.0476. The topological polar surface area (TPSA) is 48.2 Å². The van der Waals surface area contributed by atoms with Gasteiger partial charge in [0.05, 0.1) is 40.2 Å². The van der Waals surface area contributed by atoms with Gasteiger partial charge in [-0.3, -0.25) is 8.80 Å². The summed E-state index contributed by atoms with van der Waals surface area (Å²) >= 11 is 0. The first kappa shape index (κ1) is 13.4. The van der Waals surface area contributed by atoms with Gasteiger partial charge in [-0.25, -0.2) is 14.4 Å². The van der Waals surface area contributed by atoms with Gasteiger partial charge in [-0.1, -0.05) is 24.3 Å². The fourth-order valence-electron chi connectivity index (χ4n) is 4.36. The van der Waals surface area contributed by atoms with E-state index in [1.807, 2.05) is 36.4 Å². The maximum Gasteiger partial charge on any atom is 0.223 e. The second-order valence-corrected chi connectivity index (χ2v) is 6.82. The van der Waals surface area contributed by atoms with Crippen LogP contribution in [0.3, 0.4) is 0 Å². The molecule has 0 saturated heterocycles. The van der Waals surface area contributed by atoms with Crippen molar-refractivity contribution in [1.29, 1.82) is 0 Å². The lowest BCUT2D eigenvalue weighted by molar-refractivity contribution is 0.415. The molecule has 0 aliphatic heterocycles. The quantitative estimate of drug-likeness (QED) is 0.447. The Bertz CT molecular complexity index is 1550. The second-order valence-electron chi connectivity index (χ2n) is 6.82. The van der Waals surface area contributed by atoms with Crippen LogP contribution in [0.2, 0.25) is 0 Å². The van der Waals surface area contributed by atoms with Crippen LogP contribution in [0.4, 0.5) is 0 Å². The van der Waals surface area contributed by atoms with Crippen LogP contribution in [0.25, 0.3) is 50.2 Å². The summed E-state index contributed by atoms with van der Waals surface area (Å²) in [6.07, 6.45) is 0. The number of fused-ring (bicyclic) bond motifs is 10. The summed E-state index contributed by atoms with van der Waals surface area (Å²) in [5.74, 6) is 2.56. The van der Waals surface area contributed by atoms with Crippen LogP contribution in [0.15, 0.2) is 60.7 Å². The molecule has 7 rings (SSSR count). The van der Waals surface area contributed by atoms with Crippen LogP contribution < -0.4 is 4.74 Å². The highest BCUT2D eigenvalue weighted by Crippen LogP contribution is 2.36. The Hall–Kier alpha value is -3.80. The molecule has 0 N–H and O–H groups in total. The number of imidazole rings is 4. The number of aromatic nitrogens is 5. The van der Waals surface area contributed by atoms with E-state index < -0.39 is 0 Å². The van der Waals surface area contributed by atoms with Crippen LogP contribution >= 0.6 is 0 Å². The summed E-state index contributed by atoms with van der Waals surface area (Å²) < 4.78 is 12.2. The smallest absolute Gasteiger partial charge is 0.223 e. The fourth-order valence-corrected chi connectivity index (χ4v) is 4.36. The van der Waals surface area contributed by atoms with Gasteiger partial charge in [-0.15, -0.1) is 0 Å². The lowest BCUT2D eigenvalue weighted by Gasteiger charge is -2.02. The van der Waals surface area contributed by atoms with E-state index in [4.69, 9.17) is 14.7 Å². The van der Waals surface area contributed by atoms with Gasteiger partial charge >= 0.3 is 0 Å². The third kappa shape index (κ3) is 1.41. The summed E-state index contributed by atoms with van der Waals surface area (Å²) in [6.45, 7) is 0. The normalized spacial score (nSPS) is 12.6. The number of nitrogens with zero attached hydrogens (tertiary/aromatic N) is 5.